The number of urea groups is 1. The molecule has 7 nitrogen and oxygen atoms in total. The number of fused-ring (bicyclic) bond motifs is 1. The van der Waals surface area contributed by atoms with Crippen molar-refractivity contribution in [3.05, 3.63) is 17.5 Å². The van der Waals surface area contributed by atoms with Crippen molar-refractivity contribution in [2.24, 2.45) is 5.92 Å². The van der Waals surface area contributed by atoms with Crippen molar-refractivity contribution in [2.75, 3.05) is 40.3 Å². The Labute approximate surface area is 138 Å². The lowest BCUT2D eigenvalue weighted by molar-refractivity contribution is 0.168. The number of piperidine rings is 1. The van der Waals surface area contributed by atoms with E-state index in [2.05, 4.69) is 31.4 Å². The van der Waals surface area contributed by atoms with Gasteiger partial charge in [0.15, 0.2) is 0 Å². The number of amides is 2. The van der Waals surface area contributed by atoms with Crippen LogP contribution in [0.3, 0.4) is 0 Å². The van der Waals surface area contributed by atoms with Crippen molar-refractivity contribution >= 4 is 6.03 Å². The maximum atomic E-state index is 11.6. The normalized spacial score (nSPS) is 21.7. The van der Waals surface area contributed by atoms with E-state index in [0.29, 0.717) is 6.54 Å². The minimum atomic E-state index is -0.0811. The molecule has 3 rings (SSSR count). The molecule has 1 aromatic rings. The van der Waals surface area contributed by atoms with Crippen molar-refractivity contribution in [1.82, 2.24) is 30.2 Å². The third-order valence-corrected chi connectivity index (χ3v) is 4.67. The van der Waals surface area contributed by atoms with E-state index >= 15 is 0 Å². The number of nitrogens with zero attached hydrogens (tertiary/aromatic N) is 4. The number of carbonyl (C=O) groups excluding carboxylic acids is 1. The molecule has 0 unspecified atom stereocenters. The Morgan fingerprint density at radius 3 is 3.09 bits per heavy atom. The van der Waals surface area contributed by atoms with Gasteiger partial charge < -0.3 is 15.5 Å². The highest BCUT2D eigenvalue weighted by Gasteiger charge is 2.22. The van der Waals surface area contributed by atoms with Crippen LogP contribution in [0.5, 0.6) is 0 Å². The Morgan fingerprint density at radius 1 is 1.48 bits per heavy atom. The van der Waals surface area contributed by atoms with Crippen molar-refractivity contribution in [2.45, 2.75) is 32.5 Å². The molecule has 23 heavy (non-hydrogen) atoms. The largest absolute Gasteiger partial charge is 0.332 e. The van der Waals surface area contributed by atoms with Crippen LogP contribution in [0.1, 0.15) is 24.2 Å². The Kier molecular flexibility index (Phi) is 5.17. The maximum Gasteiger partial charge on any atom is 0.317 e. The Balaban J connectivity index is 1.53. The molecule has 1 atom stereocenters. The molecule has 0 aliphatic carbocycles. The van der Waals surface area contributed by atoms with E-state index in [-0.39, 0.29) is 6.03 Å². The van der Waals surface area contributed by atoms with Gasteiger partial charge in [-0.15, -0.1) is 0 Å². The van der Waals surface area contributed by atoms with Gasteiger partial charge in [-0.05, 0) is 37.9 Å². The average molecular weight is 320 g/mol. The first-order valence-corrected chi connectivity index (χ1v) is 8.55. The summed E-state index contributed by atoms with van der Waals surface area (Å²) in [5, 5.41) is 11.0. The number of aromatic nitrogens is 2. The monoisotopic (exact) mass is 320 g/mol. The average Bonchev–Trinajstić information content (AvgIpc) is 2.95. The molecule has 0 aromatic carbocycles. The van der Waals surface area contributed by atoms with E-state index < -0.39 is 0 Å². The fourth-order valence-corrected chi connectivity index (χ4v) is 3.39. The molecule has 1 aromatic heterocycles. The molecule has 1 fully saturated rings. The van der Waals surface area contributed by atoms with E-state index in [1.54, 1.807) is 14.1 Å². The topological polar surface area (TPSA) is 65.4 Å². The first-order valence-electron chi connectivity index (χ1n) is 8.55. The van der Waals surface area contributed by atoms with Crippen molar-refractivity contribution in [3.8, 4) is 0 Å². The summed E-state index contributed by atoms with van der Waals surface area (Å²) in [6.45, 7) is 6.95. The second-order valence-electron chi connectivity index (χ2n) is 6.85. The zero-order valence-electron chi connectivity index (χ0n) is 14.2. The molecule has 3 heterocycles. The standard InChI is InChI=1S/C16H28N6O/c1-20(2)16(23)18-10-14-8-15-12-21(6-7-22(15)19-14)11-13-4-3-5-17-9-13/h8,13,17H,3-7,9-12H2,1-2H3,(H,18,23)/t13-/m0/s1. The molecule has 7 heteroatoms. The van der Waals surface area contributed by atoms with Crippen LogP contribution in [0.4, 0.5) is 4.79 Å². The molecule has 0 saturated carbocycles. The molecule has 1 saturated heterocycles. The van der Waals surface area contributed by atoms with Crippen LogP contribution in [0.15, 0.2) is 6.07 Å². The van der Waals surface area contributed by atoms with Crippen LogP contribution in [0.25, 0.3) is 0 Å². The highest BCUT2D eigenvalue weighted by atomic mass is 16.2. The van der Waals surface area contributed by atoms with Gasteiger partial charge >= 0.3 is 6.03 Å². The van der Waals surface area contributed by atoms with Gasteiger partial charge in [0.1, 0.15) is 0 Å². The molecule has 0 bridgehead atoms. The number of hydrogen-bond acceptors (Lipinski definition) is 4. The molecule has 0 radical (unpaired) electrons. The summed E-state index contributed by atoms with van der Waals surface area (Å²) >= 11 is 0. The molecule has 2 aliphatic heterocycles. The molecule has 2 aliphatic rings. The second-order valence-corrected chi connectivity index (χ2v) is 6.85. The lowest BCUT2D eigenvalue weighted by Crippen LogP contribution is -2.41. The van der Waals surface area contributed by atoms with E-state index in [1.165, 1.54) is 36.5 Å². The number of carbonyl (C=O) groups is 1. The molecule has 2 N–H and O–H groups in total. The van der Waals surface area contributed by atoms with Crippen molar-refractivity contribution < 1.29 is 4.79 Å². The summed E-state index contributed by atoms with van der Waals surface area (Å²) in [5.41, 5.74) is 2.20. The molecule has 2 amide bonds. The fraction of sp³-hybridized carbons (Fsp3) is 0.750. The zero-order valence-corrected chi connectivity index (χ0v) is 14.2. The van der Waals surface area contributed by atoms with Gasteiger partial charge in [0.25, 0.3) is 0 Å². The number of hydrogen-bond donors (Lipinski definition) is 2. The minimum absolute atomic E-state index is 0.0811. The third-order valence-electron chi connectivity index (χ3n) is 4.67. The van der Waals surface area contributed by atoms with Gasteiger partial charge in [0, 0.05) is 33.7 Å². The summed E-state index contributed by atoms with van der Waals surface area (Å²) < 4.78 is 2.09. The highest BCUT2D eigenvalue weighted by molar-refractivity contribution is 5.73. The highest BCUT2D eigenvalue weighted by Crippen LogP contribution is 2.18. The van der Waals surface area contributed by atoms with Crippen LogP contribution in [-0.2, 0) is 19.6 Å². The van der Waals surface area contributed by atoms with Crippen LogP contribution >= 0.6 is 0 Å². The third kappa shape index (κ3) is 4.23. The Hall–Kier alpha value is -1.60. The number of nitrogens with one attached hydrogen (secondary N) is 2. The van der Waals surface area contributed by atoms with E-state index in [4.69, 9.17) is 0 Å². The minimum Gasteiger partial charge on any atom is -0.332 e. The fourth-order valence-electron chi connectivity index (χ4n) is 3.39. The predicted molar refractivity (Wildman–Crippen MR) is 89.0 cm³/mol. The number of rotatable bonds is 4. The van der Waals surface area contributed by atoms with Gasteiger partial charge in [-0.3, -0.25) is 9.58 Å². The van der Waals surface area contributed by atoms with Gasteiger partial charge in [-0.25, -0.2) is 4.79 Å². The van der Waals surface area contributed by atoms with Gasteiger partial charge in [-0.1, -0.05) is 0 Å². The van der Waals surface area contributed by atoms with Crippen LogP contribution in [-0.4, -0.2) is 65.9 Å². The summed E-state index contributed by atoms with van der Waals surface area (Å²) in [7, 11) is 3.48. The first kappa shape index (κ1) is 16.3. The van der Waals surface area contributed by atoms with Crippen molar-refractivity contribution in [3.63, 3.8) is 0 Å². The quantitative estimate of drug-likeness (QED) is 0.846. The first-order chi connectivity index (χ1) is 11.1. The maximum absolute atomic E-state index is 11.6. The van der Waals surface area contributed by atoms with E-state index in [9.17, 15) is 4.79 Å². The Bertz CT molecular complexity index is 535. The molecular weight excluding hydrogens is 292 g/mol. The lowest BCUT2D eigenvalue weighted by atomic mass is 9.99. The smallest absolute Gasteiger partial charge is 0.317 e. The second kappa shape index (κ2) is 7.31. The van der Waals surface area contributed by atoms with Crippen LogP contribution < -0.4 is 10.6 Å². The van der Waals surface area contributed by atoms with Gasteiger partial charge in [-0.2, -0.15) is 5.10 Å². The SMILES string of the molecule is CN(C)C(=O)NCc1cc2n(n1)CCN(C[C@H]1CCCNC1)C2. The van der Waals surface area contributed by atoms with Crippen molar-refractivity contribution in [1.29, 1.82) is 0 Å². The summed E-state index contributed by atoms with van der Waals surface area (Å²) in [4.78, 5) is 15.7. The molecule has 128 valence electrons. The van der Waals surface area contributed by atoms with Gasteiger partial charge in [0.05, 0.1) is 24.5 Å². The van der Waals surface area contributed by atoms with Gasteiger partial charge in [0.2, 0.25) is 0 Å². The van der Waals surface area contributed by atoms with Crippen LogP contribution in [0.2, 0.25) is 0 Å². The summed E-state index contributed by atoms with van der Waals surface area (Å²) in [6.07, 6.45) is 2.64. The van der Waals surface area contributed by atoms with E-state index in [1.807, 2.05) is 0 Å². The molecule has 0 spiro atoms. The predicted octanol–water partition coefficient (Wildman–Crippen LogP) is 0.470. The Morgan fingerprint density at radius 2 is 2.35 bits per heavy atom. The van der Waals surface area contributed by atoms with Crippen LogP contribution in [0, 0.1) is 5.92 Å². The van der Waals surface area contributed by atoms with E-state index in [0.717, 1.165) is 37.8 Å². The summed E-state index contributed by atoms with van der Waals surface area (Å²) in [5.74, 6) is 0.775. The summed E-state index contributed by atoms with van der Waals surface area (Å²) in [6, 6.07) is 2.05. The lowest BCUT2D eigenvalue weighted by Gasteiger charge is -2.32. The molecular formula is C16H28N6O. The zero-order chi connectivity index (χ0) is 16.2.